The van der Waals surface area contributed by atoms with Gasteiger partial charge in [-0.15, -0.1) is 0 Å². The van der Waals surface area contributed by atoms with Crippen molar-refractivity contribution >= 4 is 17.9 Å². The molecule has 1 heterocycles. The summed E-state index contributed by atoms with van der Waals surface area (Å²) in [6, 6.07) is -1.41. The lowest BCUT2D eigenvalue weighted by molar-refractivity contribution is -0.150. The Kier molecular flexibility index (Phi) is 7.10. The minimum Gasteiger partial charge on any atom is -0.480 e. The molecule has 0 aromatic carbocycles. The number of carboxylic acids is 1. The normalized spacial score (nSPS) is 19.3. The van der Waals surface area contributed by atoms with E-state index in [2.05, 4.69) is 10.6 Å². The Morgan fingerprint density at radius 1 is 1.38 bits per heavy atom. The molecule has 0 aromatic rings. The molecule has 1 rings (SSSR count). The van der Waals surface area contributed by atoms with Crippen LogP contribution in [0.15, 0.2) is 0 Å². The lowest BCUT2D eigenvalue weighted by Gasteiger charge is -2.31. The van der Waals surface area contributed by atoms with Crippen LogP contribution in [0.2, 0.25) is 0 Å². The average molecular weight is 301 g/mol. The maximum atomic E-state index is 11.7. The first-order chi connectivity index (χ1) is 9.90. The molecule has 8 nitrogen and oxygen atoms in total. The third-order valence-electron chi connectivity index (χ3n) is 3.13. The van der Waals surface area contributed by atoms with Gasteiger partial charge in [0.15, 0.2) is 0 Å². The van der Waals surface area contributed by atoms with Gasteiger partial charge in [0.2, 0.25) is 5.91 Å². The van der Waals surface area contributed by atoms with Crippen molar-refractivity contribution in [1.29, 1.82) is 0 Å². The van der Waals surface area contributed by atoms with Crippen molar-refractivity contribution < 1.29 is 24.2 Å². The molecule has 8 heteroatoms. The number of urea groups is 1. The number of nitrogens with zero attached hydrogens (tertiary/aromatic N) is 1. The van der Waals surface area contributed by atoms with Crippen molar-refractivity contribution in [3.8, 4) is 0 Å². The number of morpholine rings is 1. The van der Waals surface area contributed by atoms with Crippen LogP contribution in [-0.4, -0.2) is 66.8 Å². The predicted molar refractivity (Wildman–Crippen MR) is 74.8 cm³/mol. The van der Waals surface area contributed by atoms with E-state index in [0.717, 1.165) is 6.42 Å². The van der Waals surface area contributed by atoms with Crippen molar-refractivity contribution in [2.75, 3.05) is 32.8 Å². The molecule has 1 saturated heterocycles. The molecule has 3 N–H and O–H groups in total. The Labute approximate surface area is 123 Å². The first kappa shape index (κ1) is 17.4. The Balaban J connectivity index is 2.34. The van der Waals surface area contributed by atoms with Gasteiger partial charge in [-0.3, -0.25) is 19.8 Å². The first-order valence-corrected chi connectivity index (χ1v) is 7.02. The highest BCUT2D eigenvalue weighted by atomic mass is 16.5. The topological polar surface area (TPSA) is 108 Å². The standard InChI is InChI=1S/C13H23N3O5/c1-9(2)3-4-14-13(20)15-11(17)7-16-5-6-21-8-10(16)12(18)19/h9-10H,3-8H2,1-2H3,(H,18,19)(H2,14,15,17,20). The molecule has 0 aliphatic carbocycles. The van der Waals surface area contributed by atoms with E-state index in [1.54, 1.807) is 0 Å². The smallest absolute Gasteiger partial charge is 0.323 e. The second-order valence-electron chi connectivity index (χ2n) is 5.39. The predicted octanol–water partition coefficient (Wildman–Crippen LogP) is -0.356. The van der Waals surface area contributed by atoms with Gasteiger partial charge in [0.05, 0.1) is 19.8 Å². The largest absolute Gasteiger partial charge is 0.480 e. The lowest BCUT2D eigenvalue weighted by atomic mass is 10.1. The molecule has 120 valence electrons. The number of imide groups is 1. The summed E-state index contributed by atoms with van der Waals surface area (Å²) in [6.07, 6.45) is 0.826. The van der Waals surface area contributed by atoms with Crippen LogP contribution in [0.5, 0.6) is 0 Å². The van der Waals surface area contributed by atoms with Crippen LogP contribution in [0.25, 0.3) is 0 Å². The molecule has 1 fully saturated rings. The van der Waals surface area contributed by atoms with E-state index in [0.29, 0.717) is 25.6 Å². The van der Waals surface area contributed by atoms with Crippen LogP contribution in [0.4, 0.5) is 4.79 Å². The maximum Gasteiger partial charge on any atom is 0.323 e. The van der Waals surface area contributed by atoms with E-state index in [1.165, 1.54) is 4.90 Å². The number of hydrogen-bond acceptors (Lipinski definition) is 5. The van der Waals surface area contributed by atoms with Gasteiger partial charge in [-0.25, -0.2) is 4.79 Å². The number of hydrogen-bond donors (Lipinski definition) is 3. The molecule has 0 radical (unpaired) electrons. The molecule has 1 unspecified atom stereocenters. The van der Waals surface area contributed by atoms with Crippen molar-refractivity contribution in [2.45, 2.75) is 26.3 Å². The first-order valence-electron chi connectivity index (χ1n) is 7.02. The fraction of sp³-hybridized carbons (Fsp3) is 0.769. The highest BCUT2D eigenvalue weighted by Crippen LogP contribution is 2.06. The van der Waals surface area contributed by atoms with Crippen LogP contribution >= 0.6 is 0 Å². The van der Waals surface area contributed by atoms with E-state index in [9.17, 15) is 14.4 Å². The summed E-state index contributed by atoms with van der Waals surface area (Å²) in [5.41, 5.74) is 0. The van der Waals surface area contributed by atoms with Crippen LogP contribution in [0.1, 0.15) is 20.3 Å². The SMILES string of the molecule is CC(C)CCNC(=O)NC(=O)CN1CCOCC1C(=O)O. The van der Waals surface area contributed by atoms with E-state index in [4.69, 9.17) is 9.84 Å². The quantitative estimate of drug-likeness (QED) is 0.618. The summed E-state index contributed by atoms with van der Waals surface area (Å²) in [4.78, 5) is 35.8. The van der Waals surface area contributed by atoms with Gasteiger partial charge >= 0.3 is 12.0 Å². The second-order valence-corrected chi connectivity index (χ2v) is 5.39. The molecule has 0 spiro atoms. The van der Waals surface area contributed by atoms with Crippen LogP contribution in [-0.2, 0) is 14.3 Å². The Morgan fingerprint density at radius 2 is 2.10 bits per heavy atom. The monoisotopic (exact) mass is 301 g/mol. The fourth-order valence-corrected chi connectivity index (χ4v) is 1.92. The van der Waals surface area contributed by atoms with Gasteiger partial charge in [-0.2, -0.15) is 0 Å². The fourth-order valence-electron chi connectivity index (χ4n) is 1.92. The lowest BCUT2D eigenvalue weighted by Crippen LogP contribution is -2.54. The van der Waals surface area contributed by atoms with Crippen molar-refractivity contribution in [2.24, 2.45) is 5.92 Å². The molecule has 1 aliphatic rings. The van der Waals surface area contributed by atoms with E-state index in [1.807, 2.05) is 13.8 Å². The minimum absolute atomic E-state index is 0.0448. The summed E-state index contributed by atoms with van der Waals surface area (Å²) in [7, 11) is 0. The van der Waals surface area contributed by atoms with Crippen LogP contribution < -0.4 is 10.6 Å². The summed E-state index contributed by atoms with van der Waals surface area (Å²) in [5.74, 6) is -1.10. The molecular formula is C13H23N3O5. The summed E-state index contributed by atoms with van der Waals surface area (Å²) >= 11 is 0. The molecular weight excluding hydrogens is 278 g/mol. The Hall–Kier alpha value is -1.67. The van der Waals surface area contributed by atoms with Gasteiger partial charge < -0.3 is 15.2 Å². The number of aliphatic carboxylic acids is 1. The molecule has 3 amide bonds. The molecule has 1 atom stereocenters. The third-order valence-corrected chi connectivity index (χ3v) is 3.13. The maximum absolute atomic E-state index is 11.7. The van der Waals surface area contributed by atoms with Crippen LogP contribution in [0, 0.1) is 5.92 Å². The summed E-state index contributed by atoms with van der Waals surface area (Å²) in [6.45, 7) is 5.19. The number of rotatable bonds is 6. The summed E-state index contributed by atoms with van der Waals surface area (Å²) < 4.78 is 5.08. The number of carbonyl (C=O) groups is 3. The number of nitrogens with one attached hydrogen (secondary N) is 2. The van der Waals surface area contributed by atoms with Gasteiger partial charge in [-0.05, 0) is 12.3 Å². The molecule has 21 heavy (non-hydrogen) atoms. The van der Waals surface area contributed by atoms with Crippen molar-refractivity contribution in [3.63, 3.8) is 0 Å². The Morgan fingerprint density at radius 3 is 2.71 bits per heavy atom. The minimum atomic E-state index is -1.04. The molecule has 0 aromatic heterocycles. The number of carbonyl (C=O) groups excluding carboxylic acids is 2. The van der Waals surface area contributed by atoms with Gasteiger partial charge in [0.1, 0.15) is 6.04 Å². The summed E-state index contributed by atoms with van der Waals surface area (Å²) in [5, 5.41) is 13.8. The van der Waals surface area contributed by atoms with E-state index < -0.39 is 23.9 Å². The second kappa shape index (κ2) is 8.58. The van der Waals surface area contributed by atoms with E-state index in [-0.39, 0.29) is 13.2 Å². The van der Waals surface area contributed by atoms with Gasteiger partial charge in [0.25, 0.3) is 0 Å². The molecule has 1 aliphatic heterocycles. The average Bonchev–Trinajstić information content (AvgIpc) is 2.38. The zero-order valence-corrected chi connectivity index (χ0v) is 12.4. The third kappa shape index (κ3) is 6.54. The number of carboxylic acid groups (broad SMARTS) is 1. The van der Waals surface area contributed by atoms with E-state index >= 15 is 0 Å². The zero-order valence-electron chi connectivity index (χ0n) is 12.4. The van der Waals surface area contributed by atoms with Gasteiger partial charge in [0, 0.05) is 13.1 Å². The number of amides is 3. The van der Waals surface area contributed by atoms with Gasteiger partial charge in [-0.1, -0.05) is 13.8 Å². The highest BCUT2D eigenvalue weighted by Gasteiger charge is 2.30. The highest BCUT2D eigenvalue weighted by molar-refractivity contribution is 5.95. The van der Waals surface area contributed by atoms with Crippen LogP contribution in [0.3, 0.4) is 0 Å². The molecule has 0 saturated carbocycles. The Bertz CT molecular complexity index is 386. The van der Waals surface area contributed by atoms with Crippen molar-refractivity contribution in [3.05, 3.63) is 0 Å². The van der Waals surface area contributed by atoms with Crippen molar-refractivity contribution in [1.82, 2.24) is 15.5 Å². The zero-order chi connectivity index (χ0) is 15.8. The molecule has 0 bridgehead atoms. The number of ether oxygens (including phenoxy) is 1.